The largest absolute Gasteiger partial charge is 0.337 e. The van der Waals surface area contributed by atoms with E-state index in [0.717, 1.165) is 20.5 Å². The minimum absolute atomic E-state index is 0.0968. The van der Waals surface area contributed by atoms with Gasteiger partial charge in [0.05, 0.1) is 11.4 Å². The molecule has 0 spiro atoms. The molecule has 0 radical (unpaired) electrons. The number of carbonyl (C=O) groups is 1. The van der Waals surface area contributed by atoms with Crippen LogP contribution in [0.4, 0.5) is 5.13 Å². The molecular weight excluding hydrogens is 436 g/mol. The van der Waals surface area contributed by atoms with Crippen LogP contribution in [0.5, 0.6) is 0 Å². The van der Waals surface area contributed by atoms with E-state index >= 15 is 0 Å². The Hall–Kier alpha value is -2.22. The van der Waals surface area contributed by atoms with Crippen LogP contribution in [0.15, 0.2) is 26.4 Å². The molecule has 0 bridgehead atoms. The molecule has 0 aliphatic rings. The standard InChI is InChI=1S/C16H20N6O4S3/c1-5-22(9-11-17-12(21-26-11)10-7-6-8-27-10)29(24,25)15-20-19-14(28-15)18-13(23)16(2,3)4/h6-8H,5,9H2,1-4H3,(H,18,19,23). The van der Waals surface area contributed by atoms with Crippen LogP contribution < -0.4 is 5.32 Å². The molecule has 0 aliphatic carbocycles. The molecule has 0 saturated carbocycles. The van der Waals surface area contributed by atoms with Crippen molar-refractivity contribution in [3.63, 3.8) is 0 Å². The van der Waals surface area contributed by atoms with E-state index in [9.17, 15) is 13.2 Å². The summed E-state index contributed by atoms with van der Waals surface area (Å²) in [7, 11) is -3.94. The van der Waals surface area contributed by atoms with Crippen LogP contribution in [0, 0.1) is 5.41 Å². The van der Waals surface area contributed by atoms with Gasteiger partial charge in [0.1, 0.15) is 0 Å². The summed E-state index contributed by atoms with van der Waals surface area (Å²) in [5.41, 5.74) is -0.640. The van der Waals surface area contributed by atoms with E-state index in [4.69, 9.17) is 4.52 Å². The zero-order valence-corrected chi connectivity index (χ0v) is 18.7. The maximum Gasteiger partial charge on any atom is 0.272 e. The molecule has 3 aromatic rings. The Labute approximate surface area is 176 Å². The van der Waals surface area contributed by atoms with Crippen LogP contribution in [0.3, 0.4) is 0 Å². The van der Waals surface area contributed by atoms with Crippen LogP contribution in [-0.4, -0.2) is 45.5 Å². The van der Waals surface area contributed by atoms with E-state index < -0.39 is 15.4 Å². The topological polar surface area (TPSA) is 131 Å². The normalized spacial score (nSPS) is 12.4. The van der Waals surface area contributed by atoms with E-state index in [2.05, 4.69) is 25.7 Å². The number of aromatic nitrogens is 4. The molecule has 10 nitrogen and oxygen atoms in total. The zero-order valence-electron chi connectivity index (χ0n) is 16.2. The first-order valence-electron chi connectivity index (χ1n) is 8.63. The summed E-state index contributed by atoms with van der Waals surface area (Å²) in [6.45, 7) is 7.00. The Kier molecular flexibility index (Phi) is 6.12. The molecule has 0 fully saturated rings. The van der Waals surface area contributed by atoms with Crippen molar-refractivity contribution in [1.29, 1.82) is 0 Å². The Morgan fingerprint density at radius 2 is 2.07 bits per heavy atom. The predicted octanol–water partition coefficient (Wildman–Crippen LogP) is 2.85. The summed E-state index contributed by atoms with van der Waals surface area (Å²) in [6.07, 6.45) is 0. The Balaban J connectivity index is 1.76. The monoisotopic (exact) mass is 456 g/mol. The average Bonchev–Trinajstić information content (AvgIpc) is 3.39. The average molecular weight is 457 g/mol. The van der Waals surface area contributed by atoms with Crippen molar-refractivity contribution in [1.82, 2.24) is 24.6 Å². The molecule has 0 aromatic carbocycles. The molecule has 0 aliphatic heterocycles. The maximum absolute atomic E-state index is 12.9. The minimum atomic E-state index is -3.94. The highest BCUT2D eigenvalue weighted by atomic mass is 32.2. The van der Waals surface area contributed by atoms with Crippen molar-refractivity contribution in [3.8, 4) is 10.7 Å². The van der Waals surface area contributed by atoms with E-state index in [-0.39, 0.29) is 34.4 Å². The number of amides is 1. The summed E-state index contributed by atoms with van der Waals surface area (Å²) in [5, 5.41) is 16.0. The molecular formula is C16H20N6O4S3. The van der Waals surface area contributed by atoms with Crippen LogP contribution >= 0.6 is 22.7 Å². The van der Waals surface area contributed by atoms with Crippen molar-refractivity contribution in [2.24, 2.45) is 5.41 Å². The fourth-order valence-electron chi connectivity index (χ4n) is 2.10. The SMILES string of the molecule is CCN(Cc1nc(-c2cccs2)no1)S(=O)(=O)c1nnc(NC(=O)C(C)(C)C)s1. The summed E-state index contributed by atoms with van der Waals surface area (Å²) in [6, 6.07) is 3.71. The van der Waals surface area contributed by atoms with Gasteiger partial charge in [0.15, 0.2) is 0 Å². The van der Waals surface area contributed by atoms with Gasteiger partial charge in [0, 0.05) is 12.0 Å². The Morgan fingerprint density at radius 3 is 2.69 bits per heavy atom. The van der Waals surface area contributed by atoms with Gasteiger partial charge >= 0.3 is 0 Å². The van der Waals surface area contributed by atoms with Crippen LogP contribution in [0.25, 0.3) is 10.7 Å². The summed E-state index contributed by atoms with van der Waals surface area (Å²) >= 11 is 2.25. The third kappa shape index (κ3) is 4.86. The first-order chi connectivity index (χ1) is 13.6. The molecule has 1 amide bonds. The van der Waals surface area contributed by atoms with Gasteiger partial charge < -0.3 is 9.84 Å². The van der Waals surface area contributed by atoms with Crippen molar-refractivity contribution in [3.05, 3.63) is 23.4 Å². The lowest BCUT2D eigenvalue weighted by atomic mass is 9.96. The number of sulfonamides is 1. The molecule has 156 valence electrons. The lowest BCUT2D eigenvalue weighted by Gasteiger charge is -2.16. The van der Waals surface area contributed by atoms with E-state index in [1.807, 2.05) is 17.5 Å². The summed E-state index contributed by atoms with van der Waals surface area (Å²) in [5.74, 6) is 0.299. The quantitative estimate of drug-likeness (QED) is 0.537. The van der Waals surface area contributed by atoms with E-state index in [1.165, 1.54) is 11.3 Å². The zero-order chi connectivity index (χ0) is 21.2. The second kappa shape index (κ2) is 8.26. The summed E-state index contributed by atoms with van der Waals surface area (Å²) < 4.78 is 32.0. The number of rotatable bonds is 7. The summed E-state index contributed by atoms with van der Waals surface area (Å²) in [4.78, 5) is 17.1. The lowest BCUT2D eigenvalue weighted by Crippen LogP contribution is -2.30. The van der Waals surface area contributed by atoms with Gasteiger partial charge in [-0.1, -0.05) is 50.3 Å². The number of hydrogen-bond donors (Lipinski definition) is 1. The van der Waals surface area contributed by atoms with Gasteiger partial charge in [0.2, 0.25) is 27.1 Å². The number of thiophene rings is 1. The molecule has 29 heavy (non-hydrogen) atoms. The van der Waals surface area contributed by atoms with E-state index in [0.29, 0.717) is 5.82 Å². The fourth-order valence-corrected chi connectivity index (χ4v) is 5.18. The minimum Gasteiger partial charge on any atom is -0.337 e. The number of carbonyl (C=O) groups excluding carboxylic acids is 1. The lowest BCUT2D eigenvalue weighted by molar-refractivity contribution is -0.123. The molecule has 0 saturated heterocycles. The van der Waals surface area contributed by atoms with Crippen molar-refractivity contribution >= 4 is 43.7 Å². The van der Waals surface area contributed by atoms with Crippen molar-refractivity contribution in [2.45, 2.75) is 38.6 Å². The maximum atomic E-state index is 12.9. The highest BCUT2D eigenvalue weighted by Crippen LogP contribution is 2.27. The van der Waals surface area contributed by atoms with Crippen molar-refractivity contribution < 1.29 is 17.7 Å². The van der Waals surface area contributed by atoms with Crippen LogP contribution in [0.1, 0.15) is 33.6 Å². The molecule has 0 unspecified atom stereocenters. The first-order valence-corrected chi connectivity index (χ1v) is 11.8. The molecule has 3 heterocycles. The number of hydrogen-bond acceptors (Lipinski definition) is 10. The number of anilines is 1. The van der Waals surface area contributed by atoms with Gasteiger partial charge in [-0.05, 0) is 11.4 Å². The second-order valence-electron chi connectivity index (χ2n) is 7.00. The first kappa shape index (κ1) is 21.5. The number of nitrogens with one attached hydrogen (secondary N) is 1. The predicted molar refractivity (Wildman–Crippen MR) is 109 cm³/mol. The molecule has 3 aromatic heterocycles. The highest BCUT2D eigenvalue weighted by Gasteiger charge is 2.30. The fraction of sp³-hybridized carbons (Fsp3) is 0.438. The van der Waals surface area contributed by atoms with Crippen LogP contribution in [0.2, 0.25) is 0 Å². The van der Waals surface area contributed by atoms with E-state index in [1.54, 1.807) is 27.7 Å². The highest BCUT2D eigenvalue weighted by molar-refractivity contribution is 7.91. The van der Waals surface area contributed by atoms with Crippen LogP contribution in [-0.2, 0) is 21.4 Å². The smallest absolute Gasteiger partial charge is 0.272 e. The van der Waals surface area contributed by atoms with Crippen molar-refractivity contribution in [2.75, 3.05) is 11.9 Å². The third-order valence-corrected chi connectivity index (χ3v) is 7.71. The molecule has 13 heteroatoms. The Bertz CT molecular complexity index is 1080. The number of nitrogens with zero attached hydrogens (tertiary/aromatic N) is 5. The van der Waals surface area contributed by atoms with Gasteiger partial charge in [-0.2, -0.15) is 9.29 Å². The second-order valence-corrected chi connectivity index (χ2v) is 11.0. The van der Waals surface area contributed by atoms with Gasteiger partial charge in [-0.25, -0.2) is 8.42 Å². The Morgan fingerprint density at radius 1 is 1.31 bits per heavy atom. The molecule has 1 N–H and O–H groups in total. The third-order valence-electron chi connectivity index (χ3n) is 3.74. The van der Waals surface area contributed by atoms with Gasteiger partial charge in [-0.15, -0.1) is 21.5 Å². The van der Waals surface area contributed by atoms with Gasteiger partial charge in [-0.3, -0.25) is 4.79 Å². The molecule has 0 atom stereocenters. The molecule has 3 rings (SSSR count). The van der Waals surface area contributed by atoms with Gasteiger partial charge in [0.25, 0.3) is 10.0 Å².